The van der Waals surface area contributed by atoms with Crippen molar-refractivity contribution in [3.63, 3.8) is 0 Å². The van der Waals surface area contributed by atoms with Crippen molar-refractivity contribution in [2.75, 3.05) is 0 Å². The van der Waals surface area contributed by atoms with Gasteiger partial charge >= 0.3 is 5.97 Å². The maximum atomic E-state index is 11.3. The molecule has 5 heteroatoms. The average molecular weight is 315 g/mol. The lowest BCUT2D eigenvalue weighted by atomic mass is 10.0. The van der Waals surface area contributed by atoms with Crippen molar-refractivity contribution >= 4 is 39.9 Å². The molecule has 0 saturated carbocycles. The van der Waals surface area contributed by atoms with E-state index in [2.05, 4.69) is 15.2 Å². The fraction of sp³-hybridized carbons (Fsp3) is 0. The molecular weight excluding hydrogens is 302 g/mol. The number of hydrogen-bond donors (Lipinski definition) is 2. The predicted molar refractivity (Wildman–Crippen MR) is 93.7 cm³/mol. The van der Waals surface area contributed by atoms with Gasteiger partial charge in [-0.3, -0.25) is 10.1 Å². The molecule has 0 aliphatic heterocycles. The van der Waals surface area contributed by atoms with Gasteiger partial charge in [0.05, 0.1) is 22.8 Å². The highest BCUT2D eigenvalue weighted by Crippen LogP contribution is 2.21. The summed E-state index contributed by atoms with van der Waals surface area (Å²) in [4.78, 5) is 15.6. The number of carboxylic acids is 1. The topological polar surface area (TPSA) is 78.9 Å². The number of H-pyrrole nitrogens is 1. The Balaban J connectivity index is 1.73. The fourth-order valence-corrected chi connectivity index (χ4v) is 2.71. The van der Waals surface area contributed by atoms with Crippen LogP contribution >= 0.6 is 0 Å². The van der Waals surface area contributed by atoms with Gasteiger partial charge in [0.2, 0.25) is 0 Å². The van der Waals surface area contributed by atoms with Gasteiger partial charge < -0.3 is 5.11 Å². The molecule has 0 spiro atoms. The first kappa shape index (κ1) is 14.1. The smallest absolute Gasteiger partial charge is 0.336 e. The molecule has 4 rings (SSSR count). The van der Waals surface area contributed by atoms with Gasteiger partial charge in [0.1, 0.15) is 0 Å². The second kappa shape index (κ2) is 5.62. The van der Waals surface area contributed by atoms with Crippen LogP contribution in [-0.4, -0.2) is 26.3 Å². The molecule has 0 unspecified atom stereocenters. The highest BCUT2D eigenvalue weighted by atomic mass is 16.4. The van der Waals surface area contributed by atoms with Crippen LogP contribution in [0.2, 0.25) is 0 Å². The first-order chi connectivity index (χ1) is 11.7. The monoisotopic (exact) mass is 315 g/mol. The van der Waals surface area contributed by atoms with Crippen LogP contribution in [-0.2, 0) is 0 Å². The lowest BCUT2D eigenvalue weighted by molar-refractivity contribution is 0.0699. The molecule has 2 aromatic heterocycles. The molecule has 0 atom stereocenters. The van der Waals surface area contributed by atoms with Crippen LogP contribution in [0.1, 0.15) is 21.5 Å². The van der Waals surface area contributed by atoms with E-state index in [4.69, 9.17) is 0 Å². The van der Waals surface area contributed by atoms with Gasteiger partial charge in [0.15, 0.2) is 0 Å². The molecule has 2 N–H and O–H groups in total. The van der Waals surface area contributed by atoms with E-state index >= 15 is 0 Å². The average Bonchev–Trinajstić information content (AvgIpc) is 3.06. The van der Waals surface area contributed by atoms with Gasteiger partial charge in [-0.05, 0) is 41.5 Å². The van der Waals surface area contributed by atoms with E-state index in [0.717, 1.165) is 22.0 Å². The lowest BCUT2D eigenvalue weighted by Crippen LogP contribution is -1.98. The molecular formula is C19H13N3O2. The molecule has 2 heterocycles. The van der Waals surface area contributed by atoms with E-state index < -0.39 is 5.97 Å². The zero-order chi connectivity index (χ0) is 16.5. The number of hydrogen-bond acceptors (Lipinski definition) is 3. The zero-order valence-corrected chi connectivity index (χ0v) is 12.6. The van der Waals surface area contributed by atoms with Gasteiger partial charge in [-0.15, -0.1) is 0 Å². The second-order valence-corrected chi connectivity index (χ2v) is 5.49. The summed E-state index contributed by atoms with van der Waals surface area (Å²) in [6.07, 6.45) is 7.25. The van der Waals surface area contributed by atoms with Crippen molar-refractivity contribution in [3.8, 4) is 0 Å². The van der Waals surface area contributed by atoms with Crippen LogP contribution in [0, 0.1) is 0 Å². The number of aromatic nitrogens is 3. The van der Waals surface area contributed by atoms with Crippen LogP contribution in [0.4, 0.5) is 0 Å². The number of nitrogens with one attached hydrogen (secondary N) is 1. The van der Waals surface area contributed by atoms with Crippen molar-refractivity contribution in [1.29, 1.82) is 0 Å². The van der Waals surface area contributed by atoms with E-state index in [0.29, 0.717) is 10.9 Å². The number of rotatable bonds is 3. The number of pyridine rings is 1. The zero-order valence-electron chi connectivity index (χ0n) is 12.6. The standard InChI is InChI=1S/C19H13N3O2/c23-19(24)15-7-8-20-18-6-4-13(10-16(15)18)2-1-12-3-5-17-14(9-12)11-21-22-17/h1-11H,(H,21,22)(H,23,24)/b2-1+. The molecule has 24 heavy (non-hydrogen) atoms. The molecule has 0 bridgehead atoms. The third-order valence-corrected chi connectivity index (χ3v) is 3.93. The Morgan fingerprint density at radius 2 is 1.83 bits per heavy atom. The molecule has 0 amide bonds. The Morgan fingerprint density at radius 1 is 1.04 bits per heavy atom. The molecule has 5 nitrogen and oxygen atoms in total. The summed E-state index contributed by atoms with van der Waals surface area (Å²) in [7, 11) is 0. The van der Waals surface area contributed by atoms with E-state index in [9.17, 15) is 9.90 Å². The highest BCUT2D eigenvalue weighted by Gasteiger charge is 2.08. The number of carbonyl (C=O) groups is 1. The van der Waals surface area contributed by atoms with Crippen molar-refractivity contribution < 1.29 is 9.90 Å². The molecule has 0 fully saturated rings. The Hall–Kier alpha value is -3.47. The third kappa shape index (κ3) is 2.52. The quantitative estimate of drug-likeness (QED) is 0.560. The van der Waals surface area contributed by atoms with Crippen molar-refractivity contribution in [3.05, 3.63) is 71.5 Å². The molecule has 4 aromatic rings. The summed E-state index contributed by atoms with van der Waals surface area (Å²) >= 11 is 0. The van der Waals surface area contributed by atoms with Crippen molar-refractivity contribution in [2.45, 2.75) is 0 Å². The van der Waals surface area contributed by atoms with Crippen LogP contribution < -0.4 is 0 Å². The number of fused-ring (bicyclic) bond motifs is 2. The van der Waals surface area contributed by atoms with Gasteiger partial charge in [0, 0.05) is 17.0 Å². The summed E-state index contributed by atoms with van der Waals surface area (Å²) < 4.78 is 0. The minimum atomic E-state index is -0.950. The van der Waals surface area contributed by atoms with Gasteiger partial charge in [-0.25, -0.2) is 4.79 Å². The van der Waals surface area contributed by atoms with E-state index in [1.54, 1.807) is 6.20 Å². The molecule has 0 radical (unpaired) electrons. The second-order valence-electron chi connectivity index (χ2n) is 5.49. The van der Waals surface area contributed by atoms with Crippen LogP contribution in [0.15, 0.2) is 54.9 Å². The van der Waals surface area contributed by atoms with Crippen LogP contribution in [0.5, 0.6) is 0 Å². The van der Waals surface area contributed by atoms with Crippen molar-refractivity contribution in [2.24, 2.45) is 0 Å². The minimum absolute atomic E-state index is 0.259. The van der Waals surface area contributed by atoms with Gasteiger partial charge in [0.25, 0.3) is 0 Å². The SMILES string of the molecule is O=C(O)c1ccnc2ccc(/C=C/c3ccc4[nH]ncc4c3)cc12. The Bertz CT molecular complexity index is 1100. The van der Waals surface area contributed by atoms with Gasteiger partial charge in [-0.2, -0.15) is 5.10 Å². The third-order valence-electron chi connectivity index (χ3n) is 3.93. The number of benzene rings is 2. The van der Waals surface area contributed by atoms with E-state index in [1.165, 1.54) is 12.3 Å². The number of carboxylic acid groups (broad SMARTS) is 1. The molecule has 0 aliphatic rings. The van der Waals surface area contributed by atoms with Crippen LogP contribution in [0.25, 0.3) is 34.0 Å². The first-order valence-electron chi connectivity index (χ1n) is 7.44. The van der Waals surface area contributed by atoms with Crippen molar-refractivity contribution in [1.82, 2.24) is 15.2 Å². The van der Waals surface area contributed by atoms with Gasteiger partial charge in [-0.1, -0.05) is 24.3 Å². The summed E-state index contributed by atoms with van der Waals surface area (Å²) in [5.41, 5.74) is 3.90. The summed E-state index contributed by atoms with van der Waals surface area (Å²) in [6, 6.07) is 13.1. The molecule has 0 saturated heterocycles. The maximum absolute atomic E-state index is 11.3. The number of aromatic carboxylic acids is 1. The Kier molecular flexibility index (Phi) is 3.31. The lowest BCUT2D eigenvalue weighted by Gasteiger charge is -2.03. The number of aromatic amines is 1. The van der Waals surface area contributed by atoms with Crippen LogP contribution in [0.3, 0.4) is 0 Å². The maximum Gasteiger partial charge on any atom is 0.336 e. The van der Waals surface area contributed by atoms with E-state index in [1.807, 2.05) is 48.6 Å². The summed E-state index contributed by atoms with van der Waals surface area (Å²) in [6.45, 7) is 0. The largest absolute Gasteiger partial charge is 0.478 e. The molecule has 2 aromatic carbocycles. The number of nitrogens with zero attached hydrogens (tertiary/aromatic N) is 2. The first-order valence-corrected chi connectivity index (χ1v) is 7.44. The van der Waals surface area contributed by atoms with E-state index in [-0.39, 0.29) is 5.56 Å². The predicted octanol–water partition coefficient (Wildman–Crippen LogP) is 3.98. The molecule has 116 valence electrons. The highest BCUT2D eigenvalue weighted by molar-refractivity contribution is 6.03. The fourth-order valence-electron chi connectivity index (χ4n) is 2.71. The minimum Gasteiger partial charge on any atom is -0.478 e. The normalized spacial score (nSPS) is 11.5. The Morgan fingerprint density at radius 3 is 2.67 bits per heavy atom. The molecule has 0 aliphatic carbocycles. The Labute approximate surface area is 137 Å². The summed E-state index contributed by atoms with van der Waals surface area (Å²) in [5, 5.41) is 17.9. The summed E-state index contributed by atoms with van der Waals surface area (Å²) in [5.74, 6) is -0.950.